The highest BCUT2D eigenvalue weighted by atomic mass is 35.5. The fraction of sp³-hybridized carbons (Fsp3) is 0.385. The summed E-state index contributed by atoms with van der Waals surface area (Å²) in [5.41, 5.74) is 0.304. The van der Waals surface area contributed by atoms with Crippen LogP contribution in [0.1, 0.15) is 19.3 Å². The SMILES string of the molecule is O=C(Nc1ccc(F)cc1Cl)NC1CCC(C(=O)O)C1. The molecule has 5 nitrogen and oxygen atoms in total. The van der Waals surface area contributed by atoms with E-state index in [9.17, 15) is 14.0 Å². The quantitative estimate of drug-likeness (QED) is 0.803. The molecule has 0 aromatic heterocycles. The minimum absolute atomic E-state index is 0.106. The summed E-state index contributed by atoms with van der Waals surface area (Å²) in [7, 11) is 0. The number of hydrogen-bond acceptors (Lipinski definition) is 2. The number of amides is 2. The van der Waals surface area contributed by atoms with Crippen molar-refractivity contribution in [1.29, 1.82) is 0 Å². The van der Waals surface area contributed by atoms with E-state index in [-0.39, 0.29) is 11.1 Å². The van der Waals surface area contributed by atoms with Gasteiger partial charge in [0.05, 0.1) is 16.6 Å². The summed E-state index contributed by atoms with van der Waals surface area (Å²) in [6, 6.07) is 3.02. The first-order valence-electron chi connectivity index (χ1n) is 6.21. The molecule has 2 atom stereocenters. The summed E-state index contributed by atoms with van der Waals surface area (Å²) in [6.07, 6.45) is 1.60. The molecule has 3 N–H and O–H groups in total. The van der Waals surface area contributed by atoms with Crippen LogP contribution >= 0.6 is 11.6 Å². The van der Waals surface area contributed by atoms with E-state index in [1.165, 1.54) is 12.1 Å². The van der Waals surface area contributed by atoms with Crippen LogP contribution in [0.5, 0.6) is 0 Å². The number of carboxylic acid groups (broad SMARTS) is 1. The molecule has 0 saturated heterocycles. The minimum Gasteiger partial charge on any atom is -0.481 e. The Morgan fingerprint density at radius 1 is 1.35 bits per heavy atom. The highest BCUT2D eigenvalue weighted by Crippen LogP contribution is 2.26. The van der Waals surface area contributed by atoms with Crippen molar-refractivity contribution in [2.45, 2.75) is 25.3 Å². The van der Waals surface area contributed by atoms with Crippen molar-refractivity contribution < 1.29 is 19.1 Å². The second-order valence-electron chi connectivity index (χ2n) is 4.77. The molecular formula is C13H14ClFN2O3. The molecule has 1 aromatic carbocycles. The van der Waals surface area contributed by atoms with Crippen LogP contribution in [0.15, 0.2) is 18.2 Å². The summed E-state index contributed by atoms with van der Waals surface area (Å²) in [4.78, 5) is 22.6. The van der Waals surface area contributed by atoms with Crippen molar-refractivity contribution in [3.63, 3.8) is 0 Å². The number of halogens is 2. The molecule has 0 spiro atoms. The van der Waals surface area contributed by atoms with E-state index in [0.717, 1.165) is 6.07 Å². The summed E-state index contributed by atoms with van der Waals surface area (Å²) < 4.78 is 12.9. The van der Waals surface area contributed by atoms with Gasteiger partial charge >= 0.3 is 12.0 Å². The molecule has 1 aromatic rings. The number of benzene rings is 1. The lowest BCUT2D eigenvalue weighted by Crippen LogP contribution is -2.36. The number of carbonyl (C=O) groups excluding carboxylic acids is 1. The average Bonchev–Trinajstić information content (AvgIpc) is 2.81. The van der Waals surface area contributed by atoms with Crippen molar-refractivity contribution in [1.82, 2.24) is 5.32 Å². The highest BCUT2D eigenvalue weighted by Gasteiger charge is 2.30. The molecule has 2 amide bonds. The van der Waals surface area contributed by atoms with E-state index in [0.29, 0.717) is 24.9 Å². The van der Waals surface area contributed by atoms with E-state index in [4.69, 9.17) is 16.7 Å². The maximum Gasteiger partial charge on any atom is 0.319 e. The third kappa shape index (κ3) is 3.60. The van der Waals surface area contributed by atoms with E-state index in [1.807, 2.05) is 0 Å². The Labute approximate surface area is 120 Å². The molecule has 0 radical (unpaired) electrons. The largest absolute Gasteiger partial charge is 0.481 e. The fourth-order valence-electron chi connectivity index (χ4n) is 2.27. The first-order valence-corrected chi connectivity index (χ1v) is 6.59. The van der Waals surface area contributed by atoms with Gasteiger partial charge in [-0.15, -0.1) is 0 Å². The Morgan fingerprint density at radius 3 is 2.70 bits per heavy atom. The highest BCUT2D eigenvalue weighted by molar-refractivity contribution is 6.33. The van der Waals surface area contributed by atoms with Gasteiger partial charge in [-0.05, 0) is 37.5 Å². The Balaban J connectivity index is 1.88. The Hall–Kier alpha value is -1.82. The first-order chi connectivity index (χ1) is 9.45. The Morgan fingerprint density at radius 2 is 2.10 bits per heavy atom. The van der Waals surface area contributed by atoms with Gasteiger partial charge in [0, 0.05) is 6.04 Å². The maximum atomic E-state index is 12.9. The number of carbonyl (C=O) groups is 2. The third-order valence-electron chi connectivity index (χ3n) is 3.30. The molecule has 2 unspecified atom stereocenters. The number of urea groups is 1. The van der Waals surface area contributed by atoms with Gasteiger partial charge in [0.2, 0.25) is 0 Å². The predicted octanol–water partition coefficient (Wildman–Crippen LogP) is 2.85. The molecule has 7 heteroatoms. The normalized spacial score (nSPS) is 21.5. The van der Waals surface area contributed by atoms with Crippen molar-refractivity contribution in [3.05, 3.63) is 29.0 Å². The monoisotopic (exact) mass is 300 g/mol. The molecule has 20 heavy (non-hydrogen) atoms. The second-order valence-corrected chi connectivity index (χ2v) is 5.17. The Kier molecular flexibility index (Phi) is 4.44. The van der Waals surface area contributed by atoms with Crippen LogP contribution in [-0.2, 0) is 4.79 Å². The van der Waals surface area contributed by atoms with Crippen molar-refractivity contribution in [2.75, 3.05) is 5.32 Å². The van der Waals surface area contributed by atoms with Gasteiger partial charge in [-0.2, -0.15) is 0 Å². The zero-order chi connectivity index (χ0) is 14.7. The van der Waals surface area contributed by atoms with Gasteiger partial charge in [-0.25, -0.2) is 9.18 Å². The van der Waals surface area contributed by atoms with Crippen molar-refractivity contribution in [2.24, 2.45) is 5.92 Å². The van der Waals surface area contributed by atoms with Crippen LogP contribution in [-0.4, -0.2) is 23.1 Å². The molecule has 1 aliphatic rings. The topological polar surface area (TPSA) is 78.4 Å². The van der Waals surface area contributed by atoms with Gasteiger partial charge in [0.25, 0.3) is 0 Å². The number of hydrogen-bond donors (Lipinski definition) is 3. The van der Waals surface area contributed by atoms with Crippen molar-refractivity contribution >= 4 is 29.3 Å². The molecule has 0 heterocycles. The zero-order valence-electron chi connectivity index (χ0n) is 10.5. The average molecular weight is 301 g/mol. The van der Waals surface area contributed by atoms with E-state index >= 15 is 0 Å². The minimum atomic E-state index is -0.837. The summed E-state index contributed by atoms with van der Waals surface area (Å²) in [5, 5.41) is 14.2. The third-order valence-corrected chi connectivity index (χ3v) is 3.61. The number of carboxylic acids is 1. The van der Waals surface area contributed by atoms with Gasteiger partial charge in [0.15, 0.2) is 0 Å². The molecular weight excluding hydrogens is 287 g/mol. The number of aliphatic carboxylic acids is 1. The lowest BCUT2D eigenvalue weighted by atomic mass is 10.1. The molecule has 1 saturated carbocycles. The molecule has 0 aliphatic heterocycles. The summed E-state index contributed by atoms with van der Waals surface area (Å²) in [6.45, 7) is 0. The second kappa shape index (κ2) is 6.09. The van der Waals surface area contributed by atoms with Crippen LogP contribution in [0.4, 0.5) is 14.9 Å². The van der Waals surface area contributed by atoms with Crippen LogP contribution in [0.25, 0.3) is 0 Å². The lowest BCUT2D eigenvalue weighted by molar-refractivity contribution is -0.141. The van der Waals surface area contributed by atoms with Crippen LogP contribution < -0.4 is 10.6 Å². The van der Waals surface area contributed by atoms with Gasteiger partial charge in [0.1, 0.15) is 5.82 Å². The summed E-state index contributed by atoms with van der Waals surface area (Å²) >= 11 is 5.79. The van der Waals surface area contributed by atoms with Crippen LogP contribution in [0.3, 0.4) is 0 Å². The predicted molar refractivity (Wildman–Crippen MR) is 72.3 cm³/mol. The standard InChI is InChI=1S/C13H14ClFN2O3/c14-10-6-8(15)2-4-11(10)17-13(20)16-9-3-1-7(5-9)12(18)19/h2,4,6-7,9H,1,3,5H2,(H,18,19)(H2,16,17,20). The van der Waals surface area contributed by atoms with Crippen molar-refractivity contribution in [3.8, 4) is 0 Å². The van der Waals surface area contributed by atoms with E-state index < -0.39 is 23.7 Å². The molecule has 2 rings (SSSR count). The van der Waals surface area contributed by atoms with E-state index in [1.54, 1.807) is 0 Å². The van der Waals surface area contributed by atoms with Crippen LogP contribution in [0.2, 0.25) is 5.02 Å². The molecule has 1 fully saturated rings. The van der Waals surface area contributed by atoms with E-state index in [2.05, 4.69) is 10.6 Å². The number of nitrogens with one attached hydrogen (secondary N) is 2. The van der Waals surface area contributed by atoms with Gasteiger partial charge in [-0.3, -0.25) is 4.79 Å². The zero-order valence-corrected chi connectivity index (χ0v) is 11.3. The fourth-order valence-corrected chi connectivity index (χ4v) is 2.49. The molecule has 1 aliphatic carbocycles. The number of rotatable bonds is 3. The summed E-state index contributed by atoms with van der Waals surface area (Å²) in [5.74, 6) is -1.73. The maximum absolute atomic E-state index is 12.9. The lowest BCUT2D eigenvalue weighted by Gasteiger charge is -2.14. The number of anilines is 1. The van der Waals surface area contributed by atoms with Crippen LogP contribution in [0, 0.1) is 11.7 Å². The molecule has 0 bridgehead atoms. The Bertz CT molecular complexity index is 538. The molecule has 108 valence electrons. The van der Waals surface area contributed by atoms with Gasteiger partial charge < -0.3 is 15.7 Å². The first kappa shape index (κ1) is 14.6. The smallest absolute Gasteiger partial charge is 0.319 e. The van der Waals surface area contributed by atoms with Gasteiger partial charge in [-0.1, -0.05) is 11.6 Å².